The van der Waals surface area contributed by atoms with Gasteiger partial charge in [-0.15, -0.1) is 0 Å². The number of carbonyl (C=O) groups excluding carboxylic acids is 1. The average molecular weight is 369 g/mol. The molecule has 10 heteroatoms. The first-order valence-corrected chi connectivity index (χ1v) is 7.79. The molecule has 138 valence electrons. The average Bonchev–Trinajstić information content (AvgIpc) is 2.61. The number of fused-ring (bicyclic) bond motifs is 1. The van der Waals surface area contributed by atoms with Crippen molar-refractivity contribution in [1.29, 1.82) is 0 Å². The number of amides is 1. The van der Waals surface area contributed by atoms with E-state index in [4.69, 9.17) is 4.74 Å². The Bertz CT molecular complexity index is 1110. The Morgan fingerprint density at radius 3 is 2.74 bits per heavy atom. The molecule has 2 N–H and O–H groups in total. The summed E-state index contributed by atoms with van der Waals surface area (Å²) in [5.41, 5.74) is -0.476. The molecule has 1 amide bonds. The van der Waals surface area contributed by atoms with Crippen LogP contribution < -0.4 is 20.9 Å². The van der Waals surface area contributed by atoms with Gasteiger partial charge in [-0.3, -0.25) is 24.1 Å². The highest BCUT2D eigenvalue weighted by Gasteiger charge is 2.23. The molecule has 0 saturated carbocycles. The molecule has 3 aromatic rings. The molecule has 0 fully saturated rings. The molecule has 0 aliphatic heterocycles. The van der Waals surface area contributed by atoms with Crippen LogP contribution in [0.3, 0.4) is 0 Å². The summed E-state index contributed by atoms with van der Waals surface area (Å²) in [6.07, 6.45) is 1.41. The smallest absolute Gasteiger partial charge is 0.376 e. The van der Waals surface area contributed by atoms with Crippen molar-refractivity contribution in [2.45, 2.75) is 6.92 Å². The molecule has 0 atom stereocenters. The van der Waals surface area contributed by atoms with Gasteiger partial charge in [0, 0.05) is 18.8 Å². The minimum absolute atomic E-state index is 0.199. The number of rotatable bonds is 5. The molecule has 0 spiro atoms. The fraction of sp³-hybridized carbons (Fsp3) is 0.118. The summed E-state index contributed by atoms with van der Waals surface area (Å²) in [7, 11) is 1.45. The van der Waals surface area contributed by atoms with Crippen LogP contribution in [0, 0.1) is 10.1 Å². The monoisotopic (exact) mass is 369 g/mol. The van der Waals surface area contributed by atoms with Crippen molar-refractivity contribution in [3.05, 3.63) is 63.1 Å². The van der Waals surface area contributed by atoms with E-state index in [0.717, 1.165) is 4.40 Å². The maximum Gasteiger partial charge on any atom is 0.376 e. The zero-order chi connectivity index (χ0) is 19.6. The van der Waals surface area contributed by atoms with Gasteiger partial charge in [-0.1, -0.05) is 6.07 Å². The number of ether oxygens (including phenoxy) is 1. The molecule has 10 nitrogen and oxygen atoms in total. The molecule has 27 heavy (non-hydrogen) atoms. The van der Waals surface area contributed by atoms with E-state index >= 15 is 0 Å². The van der Waals surface area contributed by atoms with Gasteiger partial charge in [0.05, 0.1) is 17.7 Å². The number of nitrogens with one attached hydrogen (secondary N) is 2. The summed E-state index contributed by atoms with van der Waals surface area (Å²) in [6.45, 7) is 1.34. The number of nitro groups is 1. The van der Waals surface area contributed by atoms with Crippen LogP contribution in [0.1, 0.15) is 6.92 Å². The molecule has 0 unspecified atom stereocenters. The summed E-state index contributed by atoms with van der Waals surface area (Å²) < 4.78 is 6.27. The standard InChI is InChI=1S/C17H15N5O5/c1-10(23)18-12-9-11(6-7-13(12)27-2)19-16-15(22(25)26)17(24)21-8-4-3-5-14(21)20-16/h3-9,19H,1-2H3,(H,18,23). The van der Waals surface area contributed by atoms with E-state index in [1.807, 2.05) is 0 Å². The largest absolute Gasteiger partial charge is 0.495 e. The molecule has 2 aromatic heterocycles. The number of benzene rings is 1. The summed E-state index contributed by atoms with van der Waals surface area (Å²) in [4.78, 5) is 38.6. The molecule has 3 rings (SSSR count). The Morgan fingerprint density at radius 1 is 1.30 bits per heavy atom. The van der Waals surface area contributed by atoms with Crippen molar-refractivity contribution >= 4 is 34.4 Å². The zero-order valence-electron chi connectivity index (χ0n) is 14.4. The Kier molecular flexibility index (Phi) is 4.71. The maximum atomic E-state index is 12.5. The van der Waals surface area contributed by atoms with Crippen molar-refractivity contribution in [2.24, 2.45) is 0 Å². The Hall–Kier alpha value is -3.95. The lowest BCUT2D eigenvalue weighted by molar-refractivity contribution is -0.385. The van der Waals surface area contributed by atoms with Crippen LogP contribution in [0.15, 0.2) is 47.4 Å². The Balaban J connectivity index is 2.11. The van der Waals surface area contributed by atoms with Gasteiger partial charge >= 0.3 is 11.2 Å². The third-order valence-corrected chi connectivity index (χ3v) is 3.67. The van der Waals surface area contributed by atoms with Gasteiger partial charge in [-0.25, -0.2) is 4.98 Å². The number of methoxy groups -OCH3 is 1. The summed E-state index contributed by atoms with van der Waals surface area (Å²) in [5, 5.41) is 16.8. The van der Waals surface area contributed by atoms with Crippen molar-refractivity contribution in [1.82, 2.24) is 9.38 Å². The second kappa shape index (κ2) is 7.12. The van der Waals surface area contributed by atoms with Crippen LogP contribution in [0.4, 0.5) is 22.9 Å². The number of carbonyl (C=O) groups is 1. The van der Waals surface area contributed by atoms with Gasteiger partial charge < -0.3 is 15.4 Å². The Morgan fingerprint density at radius 2 is 2.07 bits per heavy atom. The first-order chi connectivity index (χ1) is 12.9. The van der Waals surface area contributed by atoms with Crippen LogP contribution in [0.25, 0.3) is 5.65 Å². The van der Waals surface area contributed by atoms with Crippen molar-refractivity contribution in [2.75, 3.05) is 17.7 Å². The third-order valence-electron chi connectivity index (χ3n) is 3.67. The second-order valence-corrected chi connectivity index (χ2v) is 5.52. The van der Waals surface area contributed by atoms with Gasteiger partial charge in [0.2, 0.25) is 11.7 Å². The minimum Gasteiger partial charge on any atom is -0.495 e. The number of aromatic nitrogens is 2. The predicted octanol–water partition coefficient (Wildman–Crippen LogP) is 2.31. The van der Waals surface area contributed by atoms with E-state index in [2.05, 4.69) is 15.6 Å². The molecule has 1 aromatic carbocycles. The van der Waals surface area contributed by atoms with Gasteiger partial charge in [0.15, 0.2) is 0 Å². The van der Waals surface area contributed by atoms with E-state index in [-0.39, 0.29) is 17.4 Å². The number of hydrogen-bond acceptors (Lipinski definition) is 7. The lowest BCUT2D eigenvalue weighted by Crippen LogP contribution is -2.20. The van der Waals surface area contributed by atoms with Gasteiger partial charge in [-0.2, -0.15) is 0 Å². The molecular formula is C17H15N5O5. The molecule has 0 radical (unpaired) electrons. The van der Waals surface area contributed by atoms with Crippen LogP contribution >= 0.6 is 0 Å². The van der Waals surface area contributed by atoms with Crippen molar-refractivity contribution in [3.8, 4) is 5.75 Å². The summed E-state index contributed by atoms with van der Waals surface area (Å²) in [5.74, 6) is -0.0922. The van der Waals surface area contributed by atoms with Crippen molar-refractivity contribution < 1.29 is 14.5 Å². The normalized spacial score (nSPS) is 10.4. The number of nitrogens with zero attached hydrogens (tertiary/aromatic N) is 3. The molecule has 0 saturated heterocycles. The van der Waals surface area contributed by atoms with Crippen LogP contribution in [0.2, 0.25) is 0 Å². The van der Waals surface area contributed by atoms with Gasteiger partial charge in [0.25, 0.3) is 0 Å². The quantitative estimate of drug-likeness (QED) is 0.522. The molecular weight excluding hydrogens is 354 g/mol. The van der Waals surface area contributed by atoms with Crippen LogP contribution in [-0.4, -0.2) is 27.3 Å². The van der Waals surface area contributed by atoms with E-state index in [9.17, 15) is 19.7 Å². The van der Waals surface area contributed by atoms with Crippen LogP contribution in [-0.2, 0) is 4.79 Å². The lowest BCUT2D eigenvalue weighted by atomic mass is 10.2. The number of hydrogen-bond donors (Lipinski definition) is 2. The maximum absolute atomic E-state index is 12.5. The van der Waals surface area contributed by atoms with E-state index in [1.165, 1.54) is 26.3 Å². The highest BCUT2D eigenvalue weighted by atomic mass is 16.6. The van der Waals surface area contributed by atoms with E-state index in [1.54, 1.807) is 30.3 Å². The number of pyridine rings is 1. The minimum atomic E-state index is -0.802. The molecule has 2 heterocycles. The third kappa shape index (κ3) is 3.54. The highest BCUT2D eigenvalue weighted by molar-refractivity contribution is 5.91. The fourth-order valence-electron chi connectivity index (χ4n) is 2.54. The van der Waals surface area contributed by atoms with E-state index in [0.29, 0.717) is 17.1 Å². The summed E-state index contributed by atoms with van der Waals surface area (Å²) in [6, 6.07) is 9.50. The van der Waals surface area contributed by atoms with E-state index < -0.39 is 16.2 Å². The zero-order valence-corrected chi connectivity index (χ0v) is 14.4. The first kappa shape index (κ1) is 17.9. The molecule has 0 aliphatic carbocycles. The van der Waals surface area contributed by atoms with Crippen molar-refractivity contribution in [3.63, 3.8) is 0 Å². The Labute approximate surface area is 152 Å². The highest BCUT2D eigenvalue weighted by Crippen LogP contribution is 2.30. The number of anilines is 3. The van der Waals surface area contributed by atoms with Crippen LogP contribution in [0.5, 0.6) is 5.75 Å². The topological polar surface area (TPSA) is 128 Å². The predicted molar refractivity (Wildman–Crippen MR) is 98.7 cm³/mol. The van der Waals surface area contributed by atoms with Gasteiger partial charge in [0.1, 0.15) is 11.4 Å². The fourth-order valence-corrected chi connectivity index (χ4v) is 2.54. The van der Waals surface area contributed by atoms with Gasteiger partial charge in [-0.05, 0) is 30.3 Å². The molecule has 0 bridgehead atoms. The summed E-state index contributed by atoms with van der Waals surface area (Å²) >= 11 is 0. The molecule has 0 aliphatic rings. The SMILES string of the molecule is COc1ccc(Nc2nc3ccccn3c(=O)c2[N+](=O)[O-])cc1NC(C)=O. The first-order valence-electron chi connectivity index (χ1n) is 7.79. The second-order valence-electron chi connectivity index (χ2n) is 5.52. The lowest BCUT2D eigenvalue weighted by Gasteiger charge is -2.12.